The fraction of sp³-hybridized carbons (Fsp3) is 0.952. The Morgan fingerprint density at radius 1 is 0.391 bits per heavy atom. The Balaban J connectivity index is 3.75. The summed E-state index contributed by atoms with van der Waals surface area (Å²) in [7, 11) is 0. The van der Waals surface area contributed by atoms with Gasteiger partial charge in [0.05, 0.1) is 0 Å². The largest absolute Gasteiger partial charge is 0.481 e. The molecule has 0 radical (unpaired) electrons. The van der Waals surface area contributed by atoms with Crippen LogP contribution in [0.1, 0.15) is 251 Å². The summed E-state index contributed by atoms with van der Waals surface area (Å²) in [6.07, 6.45) is 45.8. The van der Waals surface area contributed by atoms with Crippen molar-refractivity contribution in [2.75, 3.05) is 0 Å². The Labute approximate surface area is 288 Å². The molecule has 0 saturated heterocycles. The highest BCUT2D eigenvalue weighted by atomic mass is 16.5. The molecular formula is C42H82O4. The highest BCUT2D eigenvalue weighted by Gasteiger charge is 2.14. The number of unbranched alkanes of at least 4 members (excludes halogenated alkanes) is 30. The Morgan fingerprint density at radius 2 is 0.652 bits per heavy atom. The molecule has 0 rings (SSSR count). The maximum atomic E-state index is 12.6. The fourth-order valence-corrected chi connectivity index (χ4v) is 6.72. The average Bonchev–Trinajstić information content (AvgIpc) is 3.04. The molecule has 0 aromatic heterocycles. The summed E-state index contributed by atoms with van der Waals surface area (Å²) in [6.45, 7) is 4.55. The highest BCUT2D eigenvalue weighted by Crippen LogP contribution is 2.19. The molecule has 0 heterocycles. The SMILES string of the molecule is CCCCCCCCCCCCCCCCCCCCCC(=O)OC(CCCCCCC)CCCCCCCCCCCC(=O)O. The maximum absolute atomic E-state index is 12.6. The standard InChI is InChI=1S/C42H82O4/c1-3-5-7-9-10-11-12-13-14-15-16-17-18-19-20-24-27-31-35-39-42(45)46-40(36-32-28-8-6-4-2)37-33-29-25-22-21-23-26-30-34-38-41(43)44/h40H,3-39H2,1-2H3,(H,43,44). The number of hydrogen-bond acceptors (Lipinski definition) is 3. The Morgan fingerprint density at radius 3 is 0.957 bits per heavy atom. The molecule has 1 N–H and O–H groups in total. The van der Waals surface area contributed by atoms with Crippen LogP contribution < -0.4 is 0 Å². The van der Waals surface area contributed by atoms with E-state index in [1.165, 1.54) is 173 Å². The number of hydrogen-bond donors (Lipinski definition) is 1. The molecule has 274 valence electrons. The molecule has 1 unspecified atom stereocenters. The van der Waals surface area contributed by atoms with Crippen molar-refractivity contribution < 1.29 is 19.4 Å². The van der Waals surface area contributed by atoms with E-state index in [1.807, 2.05) is 0 Å². The molecule has 1 atom stereocenters. The van der Waals surface area contributed by atoms with Crippen molar-refractivity contribution in [2.45, 2.75) is 258 Å². The summed E-state index contributed by atoms with van der Waals surface area (Å²) < 4.78 is 6.01. The van der Waals surface area contributed by atoms with Gasteiger partial charge in [0.1, 0.15) is 6.10 Å². The van der Waals surface area contributed by atoms with E-state index in [2.05, 4.69) is 13.8 Å². The first kappa shape index (κ1) is 44.9. The third-order valence-corrected chi connectivity index (χ3v) is 9.83. The van der Waals surface area contributed by atoms with Crippen LogP contribution in [0.2, 0.25) is 0 Å². The number of carbonyl (C=O) groups excluding carboxylic acids is 1. The zero-order chi connectivity index (χ0) is 33.6. The van der Waals surface area contributed by atoms with Crippen LogP contribution in [-0.2, 0) is 14.3 Å². The lowest BCUT2D eigenvalue weighted by Crippen LogP contribution is -2.18. The van der Waals surface area contributed by atoms with E-state index in [0.29, 0.717) is 12.8 Å². The van der Waals surface area contributed by atoms with Gasteiger partial charge in [-0.15, -0.1) is 0 Å². The van der Waals surface area contributed by atoms with Gasteiger partial charge in [-0.05, 0) is 38.5 Å². The molecule has 0 aromatic rings. The number of esters is 1. The number of carbonyl (C=O) groups is 2. The first-order valence-electron chi connectivity index (χ1n) is 21.0. The minimum atomic E-state index is -0.675. The number of rotatable bonds is 39. The Kier molecular flexibility index (Phi) is 37.5. The lowest BCUT2D eigenvalue weighted by molar-refractivity contribution is -0.150. The maximum Gasteiger partial charge on any atom is 0.306 e. The van der Waals surface area contributed by atoms with Crippen LogP contribution in [-0.4, -0.2) is 23.1 Å². The molecule has 0 amide bonds. The number of aliphatic carboxylic acids is 1. The summed E-state index contributed by atoms with van der Waals surface area (Å²) in [5.74, 6) is -0.640. The molecular weight excluding hydrogens is 568 g/mol. The lowest BCUT2D eigenvalue weighted by atomic mass is 10.0. The summed E-state index contributed by atoms with van der Waals surface area (Å²) in [5.41, 5.74) is 0. The van der Waals surface area contributed by atoms with Crippen molar-refractivity contribution in [3.63, 3.8) is 0 Å². The highest BCUT2D eigenvalue weighted by molar-refractivity contribution is 5.69. The van der Waals surface area contributed by atoms with Crippen LogP contribution in [0.5, 0.6) is 0 Å². The molecule has 4 heteroatoms. The van der Waals surface area contributed by atoms with E-state index in [1.54, 1.807) is 0 Å². The first-order chi connectivity index (χ1) is 22.6. The fourth-order valence-electron chi connectivity index (χ4n) is 6.72. The van der Waals surface area contributed by atoms with Crippen LogP contribution in [0, 0.1) is 0 Å². The van der Waals surface area contributed by atoms with Gasteiger partial charge in [0.25, 0.3) is 0 Å². The second-order valence-electron chi connectivity index (χ2n) is 14.5. The molecule has 0 bridgehead atoms. The van der Waals surface area contributed by atoms with Gasteiger partial charge in [-0.2, -0.15) is 0 Å². The van der Waals surface area contributed by atoms with Gasteiger partial charge in [-0.25, -0.2) is 0 Å². The van der Waals surface area contributed by atoms with E-state index < -0.39 is 5.97 Å². The van der Waals surface area contributed by atoms with Crippen molar-refractivity contribution >= 4 is 11.9 Å². The molecule has 0 aromatic carbocycles. The van der Waals surface area contributed by atoms with Crippen LogP contribution >= 0.6 is 0 Å². The molecule has 0 fully saturated rings. The van der Waals surface area contributed by atoms with Gasteiger partial charge in [-0.3, -0.25) is 9.59 Å². The van der Waals surface area contributed by atoms with E-state index in [4.69, 9.17) is 9.84 Å². The van der Waals surface area contributed by atoms with Crippen molar-refractivity contribution in [1.29, 1.82) is 0 Å². The second kappa shape index (κ2) is 38.4. The molecule has 0 aliphatic carbocycles. The van der Waals surface area contributed by atoms with Crippen molar-refractivity contribution in [2.24, 2.45) is 0 Å². The van der Waals surface area contributed by atoms with E-state index >= 15 is 0 Å². The Hall–Kier alpha value is -1.06. The van der Waals surface area contributed by atoms with Gasteiger partial charge in [-0.1, -0.05) is 200 Å². The monoisotopic (exact) mass is 651 g/mol. The average molecular weight is 651 g/mol. The van der Waals surface area contributed by atoms with E-state index in [-0.39, 0.29) is 12.1 Å². The number of ether oxygens (including phenoxy) is 1. The molecule has 4 nitrogen and oxygen atoms in total. The zero-order valence-electron chi connectivity index (χ0n) is 31.4. The van der Waals surface area contributed by atoms with Gasteiger partial charge in [0.2, 0.25) is 0 Å². The van der Waals surface area contributed by atoms with Crippen LogP contribution in [0.15, 0.2) is 0 Å². The van der Waals surface area contributed by atoms with Crippen molar-refractivity contribution in [1.82, 2.24) is 0 Å². The molecule has 0 saturated carbocycles. The van der Waals surface area contributed by atoms with Crippen molar-refractivity contribution in [3.05, 3.63) is 0 Å². The number of carboxylic acid groups (broad SMARTS) is 1. The predicted molar refractivity (Wildman–Crippen MR) is 200 cm³/mol. The molecule has 0 aliphatic heterocycles. The minimum absolute atomic E-state index is 0.0356. The van der Waals surface area contributed by atoms with Crippen LogP contribution in [0.4, 0.5) is 0 Å². The first-order valence-corrected chi connectivity index (χ1v) is 21.0. The lowest BCUT2D eigenvalue weighted by Gasteiger charge is -2.18. The normalized spacial score (nSPS) is 12.0. The zero-order valence-corrected chi connectivity index (χ0v) is 31.4. The van der Waals surface area contributed by atoms with Crippen LogP contribution in [0.3, 0.4) is 0 Å². The van der Waals surface area contributed by atoms with Gasteiger partial charge in [0, 0.05) is 12.8 Å². The summed E-state index contributed by atoms with van der Waals surface area (Å²) in [5, 5.41) is 8.72. The molecule has 0 aliphatic rings. The number of carboxylic acids is 1. The quantitative estimate of drug-likeness (QED) is 0.0531. The van der Waals surface area contributed by atoms with Gasteiger partial charge >= 0.3 is 11.9 Å². The summed E-state index contributed by atoms with van der Waals surface area (Å²) in [4.78, 5) is 23.2. The van der Waals surface area contributed by atoms with Gasteiger partial charge in [0.15, 0.2) is 0 Å². The predicted octanol–water partition coefficient (Wildman–Crippen LogP) is 14.5. The third kappa shape index (κ3) is 37.4. The van der Waals surface area contributed by atoms with Crippen LogP contribution in [0.25, 0.3) is 0 Å². The topological polar surface area (TPSA) is 63.6 Å². The summed E-state index contributed by atoms with van der Waals surface area (Å²) >= 11 is 0. The van der Waals surface area contributed by atoms with E-state index in [0.717, 1.165) is 51.4 Å². The second-order valence-corrected chi connectivity index (χ2v) is 14.5. The van der Waals surface area contributed by atoms with E-state index in [9.17, 15) is 9.59 Å². The van der Waals surface area contributed by atoms with Crippen molar-refractivity contribution in [3.8, 4) is 0 Å². The summed E-state index contributed by atoms with van der Waals surface area (Å²) in [6, 6.07) is 0. The molecule has 0 spiro atoms. The Bertz CT molecular complexity index is 619. The minimum Gasteiger partial charge on any atom is -0.481 e. The van der Waals surface area contributed by atoms with Gasteiger partial charge < -0.3 is 9.84 Å². The smallest absolute Gasteiger partial charge is 0.306 e. The molecule has 46 heavy (non-hydrogen) atoms. The third-order valence-electron chi connectivity index (χ3n) is 9.83.